The van der Waals surface area contributed by atoms with E-state index in [4.69, 9.17) is 5.11 Å². The minimum atomic E-state index is -1.11. The van der Waals surface area contributed by atoms with Crippen LogP contribution in [0.1, 0.15) is 29.8 Å². The Morgan fingerprint density at radius 2 is 2.20 bits per heavy atom. The van der Waals surface area contributed by atoms with E-state index in [1.165, 1.54) is 10.9 Å². The fraction of sp³-hybridized carbons (Fsp3) is 0.667. The molecule has 1 saturated heterocycles. The van der Waals surface area contributed by atoms with E-state index in [1.54, 1.807) is 0 Å². The second-order valence-corrected chi connectivity index (χ2v) is 4.92. The minimum absolute atomic E-state index is 0.0375. The molecule has 0 saturated carbocycles. The Hall–Kier alpha value is -1.96. The van der Waals surface area contributed by atoms with E-state index in [9.17, 15) is 9.59 Å². The molecule has 8 heteroatoms. The number of carboxylic acid groups (broad SMARTS) is 1. The van der Waals surface area contributed by atoms with Crippen LogP contribution in [0.2, 0.25) is 0 Å². The van der Waals surface area contributed by atoms with Gasteiger partial charge in [-0.25, -0.2) is 9.48 Å². The molecule has 1 amide bonds. The first-order valence-corrected chi connectivity index (χ1v) is 6.76. The predicted molar refractivity (Wildman–Crippen MR) is 70.2 cm³/mol. The molecule has 0 atom stereocenters. The van der Waals surface area contributed by atoms with E-state index < -0.39 is 5.97 Å². The zero-order chi connectivity index (χ0) is 14.4. The largest absolute Gasteiger partial charge is 0.476 e. The number of amides is 1. The van der Waals surface area contributed by atoms with Gasteiger partial charge in [-0.1, -0.05) is 5.21 Å². The highest BCUT2D eigenvalue weighted by molar-refractivity contribution is 5.84. The van der Waals surface area contributed by atoms with Crippen molar-refractivity contribution in [3.8, 4) is 0 Å². The molecule has 8 nitrogen and oxygen atoms in total. The number of carbonyl (C=O) groups is 2. The Morgan fingerprint density at radius 1 is 1.45 bits per heavy atom. The monoisotopic (exact) mass is 281 g/mol. The highest BCUT2D eigenvalue weighted by atomic mass is 16.4. The van der Waals surface area contributed by atoms with Crippen molar-refractivity contribution in [2.75, 3.05) is 19.6 Å². The first kappa shape index (κ1) is 14.4. The first-order chi connectivity index (χ1) is 9.65. The maximum Gasteiger partial charge on any atom is 0.358 e. The summed E-state index contributed by atoms with van der Waals surface area (Å²) < 4.78 is 1.41. The van der Waals surface area contributed by atoms with Crippen molar-refractivity contribution in [3.63, 3.8) is 0 Å². The molecule has 110 valence electrons. The van der Waals surface area contributed by atoms with E-state index in [-0.39, 0.29) is 11.6 Å². The molecule has 0 aromatic carbocycles. The summed E-state index contributed by atoms with van der Waals surface area (Å²) in [5.74, 6) is -0.608. The maximum atomic E-state index is 11.7. The van der Waals surface area contributed by atoms with Gasteiger partial charge in [-0.2, -0.15) is 0 Å². The third-order valence-electron chi connectivity index (χ3n) is 3.35. The molecule has 2 heterocycles. The molecule has 1 fully saturated rings. The van der Waals surface area contributed by atoms with Crippen molar-refractivity contribution in [1.29, 1.82) is 0 Å². The summed E-state index contributed by atoms with van der Waals surface area (Å²) in [6.07, 6.45) is 3.98. The zero-order valence-corrected chi connectivity index (χ0v) is 11.2. The molecular formula is C12H19N5O3. The molecule has 1 aliphatic rings. The lowest BCUT2D eigenvalue weighted by molar-refractivity contribution is -0.122. The molecule has 0 aliphatic carbocycles. The molecular weight excluding hydrogens is 262 g/mol. The number of rotatable bonds is 6. The number of piperidine rings is 1. The van der Waals surface area contributed by atoms with Crippen LogP contribution >= 0.6 is 0 Å². The number of aromatic carboxylic acids is 1. The second-order valence-electron chi connectivity index (χ2n) is 4.92. The van der Waals surface area contributed by atoms with E-state index >= 15 is 0 Å². The van der Waals surface area contributed by atoms with Crippen LogP contribution in [-0.2, 0) is 11.3 Å². The summed E-state index contributed by atoms with van der Waals surface area (Å²) in [6.45, 7) is 2.80. The third-order valence-corrected chi connectivity index (χ3v) is 3.35. The fourth-order valence-electron chi connectivity index (χ4n) is 2.24. The van der Waals surface area contributed by atoms with E-state index in [0.29, 0.717) is 25.4 Å². The van der Waals surface area contributed by atoms with Crippen LogP contribution in [0.15, 0.2) is 6.20 Å². The van der Waals surface area contributed by atoms with Gasteiger partial charge in [0, 0.05) is 13.0 Å². The lowest BCUT2D eigenvalue weighted by atomic mass is 9.94. The smallest absolute Gasteiger partial charge is 0.358 e. The van der Waals surface area contributed by atoms with Crippen molar-refractivity contribution in [2.24, 2.45) is 5.92 Å². The molecule has 1 aromatic heterocycles. The Bertz CT molecular complexity index is 467. The molecule has 0 bridgehead atoms. The summed E-state index contributed by atoms with van der Waals surface area (Å²) in [6, 6.07) is 0. The van der Waals surface area contributed by atoms with Gasteiger partial charge in [0.05, 0.1) is 12.7 Å². The highest BCUT2D eigenvalue weighted by Gasteiger charge is 2.16. The van der Waals surface area contributed by atoms with Crippen molar-refractivity contribution < 1.29 is 14.7 Å². The normalized spacial score (nSPS) is 16.0. The number of hydrogen-bond acceptors (Lipinski definition) is 5. The van der Waals surface area contributed by atoms with Crippen LogP contribution < -0.4 is 10.6 Å². The van der Waals surface area contributed by atoms with E-state index in [2.05, 4.69) is 20.9 Å². The third kappa shape index (κ3) is 4.30. The number of hydrogen-bond donors (Lipinski definition) is 3. The predicted octanol–water partition coefficient (Wildman–Crippen LogP) is -0.518. The van der Waals surface area contributed by atoms with Gasteiger partial charge in [0.2, 0.25) is 5.91 Å². The highest BCUT2D eigenvalue weighted by Crippen LogP contribution is 2.15. The molecule has 0 spiro atoms. The number of nitrogens with one attached hydrogen (secondary N) is 2. The van der Waals surface area contributed by atoms with Gasteiger partial charge in [0.1, 0.15) is 0 Å². The van der Waals surface area contributed by atoms with Crippen LogP contribution in [0.5, 0.6) is 0 Å². The summed E-state index contributed by atoms with van der Waals surface area (Å²) >= 11 is 0. The topological polar surface area (TPSA) is 109 Å². The van der Waals surface area contributed by atoms with Gasteiger partial charge in [-0.15, -0.1) is 5.10 Å². The maximum absolute atomic E-state index is 11.7. The van der Waals surface area contributed by atoms with Crippen molar-refractivity contribution in [3.05, 3.63) is 11.9 Å². The summed E-state index contributed by atoms with van der Waals surface area (Å²) in [4.78, 5) is 22.4. The van der Waals surface area contributed by atoms with Crippen molar-refractivity contribution in [1.82, 2.24) is 25.6 Å². The average molecular weight is 281 g/mol. The Balaban J connectivity index is 1.66. The summed E-state index contributed by atoms with van der Waals surface area (Å²) in [5.41, 5.74) is -0.0916. The lowest BCUT2D eigenvalue weighted by Gasteiger charge is -2.21. The molecule has 3 N–H and O–H groups in total. The second kappa shape index (κ2) is 6.99. The average Bonchev–Trinajstić information content (AvgIpc) is 2.89. The molecule has 0 radical (unpaired) electrons. The van der Waals surface area contributed by atoms with Crippen molar-refractivity contribution in [2.45, 2.75) is 25.8 Å². The number of carbonyl (C=O) groups excluding carboxylic acids is 1. The summed E-state index contributed by atoms with van der Waals surface area (Å²) in [7, 11) is 0. The first-order valence-electron chi connectivity index (χ1n) is 6.76. The van der Waals surface area contributed by atoms with Crippen LogP contribution in [-0.4, -0.2) is 51.6 Å². The number of nitrogens with zero attached hydrogens (tertiary/aromatic N) is 3. The zero-order valence-electron chi connectivity index (χ0n) is 11.2. The molecule has 1 aromatic rings. The Morgan fingerprint density at radius 3 is 2.85 bits per heavy atom. The van der Waals surface area contributed by atoms with Gasteiger partial charge in [-0.05, 0) is 31.8 Å². The van der Waals surface area contributed by atoms with Crippen LogP contribution in [0.3, 0.4) is 0 Å². The SMILES string of the molecule is O=C(CC1CCNCC1)NCCn1cc(C(=O)O)nn1. The fourth-order valence-corrected chi connectivity index (χ4v) is 2.24. The van der Waals surface area contributed by atoms with E-state index in [0.717, 1.165) is 25.9 Å². The van der Waals surface area contributed by atoms with Crippen molar-refractivity contribution >= 4 is 11.9 Å². The van der Waals surface area contributed by atoms with Gasteiger partial charge in [0.15, 0.2) is 5.69 Å². The summed E-state index contributed by atoms with van der Waals surface area (Å²) in [5, 5.41) is 22.0. The Labute approximate surface area is 116 Å². The minimum Gasteiger partial charge on any atom is -0.476 e. The molecule has 20 heavy (non-hydrogen) atoms. The lowest BCUT2D eigenvalue weighted by Crippen LogP contribution is -2.33. The standard InChI is InChI=1S/C12H19N5O3/c18-11(7-9-1-3-13-4-2-9)14-5-6-17-8-10(12(19)20)15-16-17/h8-9,13H,1-7H2,(H,14,18)(H,19,20). The van der Waals surface area contributed by atoms with Crippen LogP contribution in [0, 0.1) is 5.92 Å². The number of aromatic nitrogens is 3. The van der Waals surface area contributed by atoms with Gasteiger partial charge in [-0.3, -0.25) is 4.79 Å². The molecule has 2 rings (SSSR count). The van der Waals surface area contributed by atoms with Gasteiger partial charge >= 0.3 is 5.97 Å². The van der Waals surface area contributed by atoms with Gasteiger partial charge in [0.25, 0.3) is 0 Å². The number of carboxylic acids is 1. The van der Waals surface area contributed by atoms with E-state index in [1.807, 2.05) is 0 Å². The quantitative estimate of drug-likeness (QED) is 0.647. The van der Waals surface area contributed by atoms with Crippen LogP contribution in [0.25, 0.3) is 0 Å². The molecule has 0 unspecified atom stereocenters. The van der Waals surface area contributed by atoms with Gasteiger partial charge < -0.3 is 15.7 Å². The molecule has 1 aliphatic heterocycles. The Kier molecular flexibility index (Phi) is 5.05. The van der Waals surface area contributed by atoms with Crippen LogP contribution in [0.4, 0.5) is 0 Å².